The monoisotopic (exact) mass is 274 g/mol. The van der Waals surface area contributed by atoms with E-state index in [4.69, 9.17) is 14.9 Å². The molecule has 0 aliphatic rings. The molecule has 0 unspecified atom stereocenters. The number of ether oxygens (including phenoxy) is 1. The summed E-state index contributed by atoms with van der Waals surface area (Å²) >= 11 is 0. The standard InChI is InChI=1S/C16H22N2O2/c1-12-14(6-7-20-12)10-18(2)11-15-8-13(9-17)4-5-16(15)19-3/h4-8H,9-11,17H2,1-3H3. The summed E-state index contributed by atoms with van der Waals surface area (Å²) in [6, 6.07) is 8.11. The molecule has 0 saturated carbocycles. The summed E-state index contributed by atoms with van der Waals surface area (Å²) in [5, 5.41) is 0. The first-order valence-electron chi connectivity index (χ1n) is 6.71. The van der Waals surface area contributed by atoms with E-state index in [-0.39, 0.29) is 0 Å². The van der Waals surface area contributed by atoms with E-state index in [0.717, 1.165) is 35.7 Å². The van der Waals surface area contributed by atoms with Gasteiger partial charge in [-0.1, -0.05) is 6.07 Å². The Morgan fingerprint density at radius 3 is 2.55 bits per heavy atom. The number of rotatable bonds is 6. The molecular weight excluding hydrogens is 252 g/mol. The van der Waals surface area contributed by atoms with Crippen LogP contribution in [0.15, 0.2) is 34.9 Å². The minimum absolute atomic E-state index is 0.543. The summed E-state index contributed by atoms with van der Waals surface area (Å²) in [5.74, 6) is 1.87. The molecule has 0 amide bonds. The second-order valence-corrected chi connectivity index (χ2v) is 5.02. The maximum absolute atomic E-state index is 5.70. The van der Waals surface area contributed by atoms with Crippen LogP contribution in [0.3, 0.4) is 0 Å². The fraction of sp³-hybridized carbons (Fsp3) is 0.375. The van der Waals surface area contributed by atoms with Crippen molar-refractivity contribution < 1.29 is 9.15 Å². The largest absolute Gasteiger partial charge is 0.496 e. The van der Waals surface area contributed by atoms with Gasteiger partial charge in [0.2, 0.25) is 0 Å². The Morgan fingerprint density at radius 1 is 1.20 bits per heavy atom. The maximum atomic E-state index is 5.70. The maximum Gasteiger partial charge on any atom is 0.123 e. The SMILES string of the molecule is COc1ccc(CN)cc1CN(C)Cc1ccoc1C. The van der Waals surface area contributed by atoms with Gasteiger partial charge >= 0.3 is 0 Å². The van der Waals surface area contributed by atoms with Gasteiger partial charge in [-0.3, -0.25) is 4.90 Å². The Morgan fingerprint density at radius 2 is 1.95 bits per heavy atom. The van der Waals surface area contributed by atoms with Crippen molar-refractivity contribution in [3.8, 4) is 5.75 Å². The first-order valence-corrected chi connectivity index (χ1v) is 6.71. The predicted molar refractivity (Wildman–Crippen MR) is 79.5 cm³/mol. The summed E-state index contributed by atoms with van der Waals surface area (Å²) in [5.41, 5.74) is 9.18. The Kier molecular flexibility index (Phi) is 4.82. The molecule has 108 valence electrons. The first kappa shape index (κ1) is 14.6. The highest BCUT2D eigenvalue weighted by Gasteiger charge is 2.10. The minimum Gasteiger partial charge on any atom is -0.496 e. The van der Waals surface area contributed by atoms with Gasteiger partial charge in [0.05, 0.1) is 13.4 Å². The fourth-order valence-electron chi connectivity index (χ4n) is 2.30. The normalized spacial score (nSPS) is 11.1. The highest BCUT2D eigenvalue weighted by atomic mass is 16.5. The number of benzene rings is 1. The molecule has 2 rings (SSSR count). The van der Waals surface area contributed by atoms with Crippen LogP contribution < -0.4 is 10.5 Å². The lowest BCUT2D eigenvalue weighted by Crippen LogP contribution is -2.18. The van der Waals surface area contributed by atoms with Crippen molar-refractivity contribution in [3.63, 3.8) is 0 Å². The van der Waals surface area contributed by atoms with Crippen molar-refractivity contribution in [2.24, 2.45) is 5.73 Å². The molecule has 0 bridgehead atoms. The Bertz CT molecular complexity index is 563. The van der Waals surface area contributed by atoms with Crippen LogP contribution in [0, 0.1) is 6.92 Å². The molecule has 0 atom stereocenters. The zero-order valence-electron chi connectivity index (χ0n) is 12.3. The highest BCUT2D eigenvalue weighted by Crippen LogP contribution is 2.22. The molecule has 4 heteroatoms. The summed E-state index contributed by atoms with van der Waals surface area (Å²) in [6.45, 7) is 4.18. The second kappa shape index (κ2) is 6.59. The molecule has 1 heterocycles. The van der Waals surface area contributed by atoms with E-state index in [9.17, 15) is 0 Å². The summed E-state index contributed by atoms with van der Waals surface area (Å²) in [7, 11) is 3.78. The molecule has 2 aromatic rings. The quantitative estimate of drug-likeness (QED) is 0.880. The van der Waals surface area contributed by atoms with E-state index in [1.165, 1.54) is 5.56 Å². The highest BCUT2D eigenvalue weighted by molar-refractivity contribution is 5.37. The molecule has 0 aliphatic carbocycles. The van der Waals surface area contributed by atoms with Gasteiger partial charge < -0.3 is 14.9 Å². The van der Waals surface area contributed by atoms with E-state index in [0.29, 0.717) is 6.54 Å². The van der Waals surface area contributed by atoms with Gasteiger partial charge in [-0.15, -0.1) is 0 Å². The smallest absolute Gasteiger partial charge is 0.123 e. The van der Waals surface area contributed by atoms with Gasteiger partial charge in [-0.25, -0.2) is 0 Å². The number of nitrogens with zero attached hydrogens (tertiary/aromatic N) is 1. The third kappa shape index (κ3) is 3.40. The van der Waals surface area contributed by atoms with Crippen LogP contribution in [-0.2, 0) is 19.6 Å². The van der Waals surface area contributed by atoms with Crippen molar-refractivity contribution >= 4 is 0 Å². The molecule has 0 saturated heterocycles. The van der Waals surface area contributed by atoms with E-state index in [1.807, 2.05) is 25.1 Å². The van der Waals surface area contributed by atoms with Crippen molar-refractivity contribution in [2.75, 3.05) is 14.2 Å². The molecule has 0 fully saturated rings. The molecule has 0 radical (unpaired) electrons. The number of hydrogen-bond donors (Lipinski definition) is 1. The van der Waals surface area contributed by atoms with Crippen LogP contribution in [0.5, 0.6) is 5.75 Å². The molecular formula is C16H22N2O2. The minimum atomic E-state index is 0.543. The lowest BCUT2D eigenvalue weighted by molar-refractivity contribution is 0.307. The molecule has 0 aliphatic heterocycles. The van der Waals surface area contributed by atoms with E-state index in [1.54, 1.807) is 13.4 Å². The van der Waals surface area contributed by atoms with Gasteiger partial charge in [0.15, 0.2) is 0 Å². The zero-order chi connectivity index (χ0) is 14.5. The Balaban J connectivity index is 2.10. The molecule has 2 N–H and O–H groups in total. The third-order valence-electron chi connectivity index (χ3n) is 3.43. The summed E-state index contributed by atoms with van der Waals surface area (Å²) in [4.78, 5) is 2.23. The number of nitrogens with two attached hydrogens (primary N) is 1. The molecule has 4 nitrogen and oxygen atoms in total. The van der Waals surface area contributed by atoms with E-state index < -0.39 is 0 Å². The van der Waals surface area contributed by atoms with Crippen LogP contribution in [-0.4, -0.2) is 19.1 Å². The lowest BCUT2D eigenvalue weighted by atomic mass is 10.1. The lowest BCUT2D eigenvalue weighted by Gasteiger charge is -2.18. The van der Waals surface area contributed by atoms with Crippen molar-refractivity contribution in [1.29, 1.82) is 0 Å². The van der Waals surface area contributed by atoms with Crippen molar-refractivity contribution in [2.45, 2.75) is 26.6 Å². The summed E-state index contributed by atoms with van der Waals surface area (Å²) < 4.78 is 10.7. The predicted octanol–water partition coefficient (Wildman–Crippen LogP) is 2.69. The number of methoxy groups -OCH3 is 1. The molecule has 1 aromatic carbocycles. The van der Waals surface area contributed by atoms with Gasteiger partial charge in [0, 0.05) is 30.8 Å². The number of furan rings is 1. The first-order chi connectivity index (χ1) is 9.63. The van der Waals surface area contributed by atoms with Gasteiger partial charge in [0.25, 0.3) is 0 Å². The van der Waals surface area contributed by atoms with Crippen LogP contribution in [0.1, 0.15) is 22.5 Å². The fourth-order valence-corrected chi connectivity index (χ4v) is 2.30. The molecule has 1 aromatic heterocycles. The van der Waals surface area contributed by atoms with Crippen LogP contribution >= 0.6 is 0 Å². The molecule has 20 heavy (non-hydrogen) atoms. The second-order valence-electron chi connectivity index (χ2n) is 5.02. The van der Waals surface area contributed by atoms with Crippen LogP contribution in [0.25, 0.3) is 0 Å². The van der Waals surface area contributed by atoms with Gasteiger partial charge in [-0.2, -0.15) is 0 Å². The molecule has 0 spiro atoms. The number of hydrogen-bond acceptors (Lipinski definition) is 4. The van der Waals surface area contributed by atoms with Crippen molar-refractivity contribution in [3.05, 3.63) is 53.0 Å². The number of aryl methyl sites for hydroxylation is 1. The topological polar surface area (TPSA) is 51.6 Å². The third-order valence-corrected chi connectivity index (χ3v) is 3.43. The average Bonchev–Trinajstić information content (AvgIpc) is 2.84. The summed E-state index contributed by atoms with van der Waals surface area (Å²) in [6.07, 6.45) is 1.73. The van der Waals surface area contributed by atoms with Gasteiger partial charge in [0.1, 0.15) is 11.5 Å². The average molecular weight is 274 g/mol. The van der Waals surface area contributed by atoms with E-state index >= 15 is 0 Å². The van der Waals surface area contributed by atoms with Gasteiger partial charge in [-0.05, 0) is 37.7 Å². The Hall–Kier alpha value is -1.78. The Labute approximate surface area is 120 Å². The zero-order valence-corrected chi connectivity index (χ0v) is 12.3. The van der Waals surface area contributed by atoms with Crippen LogP contribution in [0.2, 0.25) is 0 Å². The van der Waals surface area contributed by atoms with Crippen molar-refractivity contribution in [1.82, 2.24) is 4.90 Å². The van der Waals surface area contributed by atoms with Crippen LogP contribution in [0.4, 0.5) is 0 Å². The van der Waals surface area contributed by atoms with E-state index in [2.05, 4.69) is 18.0 Å².